The molecule has 0 heterocycles. The lowest BCUT2D eigenvalue weighted by molar-refractivity contribution is -0.142. The van der Waals surface area contributed by atoms with Crippen LogP contribution in [0.1, 0.15) is 12.8 Å². The Morgan fingerprint density at radius 3 is 2.83 bits per heavy atom. The van der Waals surface area contributed by atoms with E-state index in [1.165, 1.54) is 12.8 Å². The number of aliphatic carboxylic acids is 1. The standard InChI is InChI=1S/C8H15NO3/c1-9(7-2-3-7)4-5-12-6-8(10)11/h7H,2-6H2,1H3,(H,10,11). The molecular formula is C8H15NO3. The maximum atomic E-state index is 10.1. The van der Waals surface area contributed by atoms with Crippen LogP contribution in [0.3, 0.4) is 0 Å². The predicted molar refractivity (Wildman–Crippen MR) is 44.1 cm³/mol. The monoisotopic (exact) mass is 173 g/mol. The van der Waals surface area contributed by atoms with Crippen LogP contribution in [-0.2, 0) is 9.53 Å². The van der Waals surface area contributed by atoms with E-state index < -0.39 is 5.97 Å². The van der Waals surface area contributed by atoms with Gasteiger partial charge in [-0.1, -0.05) is 0 Å². The van der Waals surface area contributed by atoms with Crippen molar-refractivity contribution in [2.24, 2.45) is 0 Å². The van der Waals surface area contributed by atoms with Crippen LogP contribution in [0.15, 0.2) is 0 Å². The van der Waals surface area contributed by atoms with Crippen molar-refractivity contribution < 1.29 is 14.6 Å². The lowest BCUT2D eigenvalue weighted by Crippen LogP contribution is -2.26. The van der Waals surface area contributed by atoms with Gasteiger partial charge < -0.3 is 14.7 Å². The van der Waals surface area contributed by atoms with Crippen LogP contribution in [0, 0.1) is 0 Å². The summed E-state index contributed by atoms with van der Waals surface area (Å²) < 4.78 is 4.90. The highest BCUT2D eigenvalue weighted by Crippen LogP contribution is 2.24. The van der Waals surface area contributed by atoms with Crippen molar-refractivity contribution in [1.82, 2.24) is 4.90 Å². The second kappa shape index (κ2) is 4.42. The molecule has 12 heavy (non-hydrogen) atoms. The third kappa shape index (κ3) is 3.69. The number of hydrogen-bond donors (Lipinski definition) is 1. The fourth-order valence-corrected chi connectivity index (χ4v) is 1.07. The summed E-state index contributed by atoms with van der Waals surface area (Å²) in [6.07, 6.45) is 2.55. The molecule has 4 nitrogen and oxygen atoms in total. The summed E-state index contributed by atoms with van der Waals surface area (Å²) >= 11 is 0. The molecule has 0 aromatic rings. The highest BCUT2D eigenvalue weighted by atomic mass is 16.5. The topological polar surface area (TPSA) is 49.8 Å². The zero-order chi connectivity index (χ0) is 8.97. The second-order valence-corrected chi connectivity index (χ2v) is 3.16. The normalized spacial score (nSPS) is 16.8. The summed E-state index contributed by atoms with van der Waals surface area (Å²) in [7, 11) is 2.04. The molecule has 0 radical (unpaired) electrons. The molecule has 0 amide bonds. The Morgan fingerprint density at radius 1 is 1.67 bits per heavy atom. The minimum atomic E-state index is -0.899. The minimum Gasteiger partial charge on any atom is -0.480 e. The molecule has 1 N–H and O–H groups in total. The molecule has 70 valence electrons. The van der Waals surface area contributed by atoms with E-state index in [4.69, 9.17) is 9.84 Å². The molecule has 4 heteroatoms. The highest BCUT2D eigenvalue weighted by molar-refractivity contribution is 5.67. The van der Waals surface area contributed by atoms with E-state index in [-0.39, 0.29) is 6.61 Å². The van der Waals surface area contributed by atoms with Crippen molar-refractivity contribution >= 4 is 5.97 Å². The van der Waals surface area contributed by atoms with Crippen molar-refractivity contribution in [3.8, 4) is 0 Å². The van der Waals surface area contributed by atoms with Crippen molar-refractivity contribution in [2.75, 3.05) is 26.8 Å². The maximum absolute atomic E-state index is 10.1. The largest absolute Gasteiger partial charge is 0.480 e. The van der Waals surface area contributed by atoms with Crippen LogP contribution in [0.5, 0.6) is 0 Å². The van der Waals surface area contributed by atoms with Crippen LogP contribution >= 0.6 is 0 Å². The lowest BCUT2D eigenvalue weighted by Gasteiger charge is -2.14. The van der Waals surface area contributed by atoms with E-state index in [0.717, 1.165) is 12.6 Å². The van der Waals surface area contributed by atoms with Gasteiger partial charge in [0.25, 0.3) is 0 Å². The van der Waals surface area contributed by atoms with E-state index in [9.17, 15) is 4.79 Å². The number of rotatable bonds is 6. The number of likely N-dealkylation sites (N-methyl/N-ethyl adjacent to an activating group) is 1. The van der Waals surface area contributed by atoms with Crippen LogP contribution in [0.2, 0.25) is 0 Å². The average Bonchev–Trinajstić information content (AvgIpc) is 2.79. The number of nitrogens with zero attached hydrogens (tertiary/aromatic N) is 1. The number of carboxylic acids is 1. The molecule has 0 spiro atoms. The Morgan fingerprint density at radius 2 is 2.33 bits per heavy atom. The zero-order valence-electron chi connectivity index (χ0n) is 7.32. The van der Waals surface area contributed by atoms with Crippen molar-refractivity contribution in [2.45, 2.75) is 18.9 Å². The fraction of sp³-hybridized carbons (Fsp3) is 0.875. The van der Waals surface area contributed by atoms with Gasteiger partial charge in [0.1, 0.15) is 6.61 Å². The lowest BCUT2D eigenvalue weighted by atomic mass is 10.5. The Balaban J connectivity index is 1.90. The summed E-state index contributed by atoms with van der Waals surface area (Å²) in [6, 6.07) is 0.721. The second-order valence-electron chi connectivity index (χ2n) is 3.16. The van der Waals surface area contributed by atoms with Gasteiger partial charge >= 0.3 is 5.97 Å². The Labute approximate surface area is 72.1 Å². The number of carboxylic acid groups (broad SMARTS) is 1. The number of hydrogen-bond acceptors (Lipinski definition) is 3. The SMILES string of the molecule is CN(CCOCC(=O)O)C1CC1. The third-order valence-corrected chi connectivity index (χ3v) is 1.98. The van der Waals surface area contributed by atoms with Crippen molar-refractivity contribution in [3.63, 3.8) is 0 Å². The zero-order valence-corrected chi connectivity index (χ0v) is 7.32. The van der Waals surface area contributed by atoms with Gasteiger partial charge in [-0.15, -0.1) is 0 Å². The third-order valence-electron chi connectivity index (χ3n) is 1.98. The van der Waals surface area contributed by atoms with E-state index in [1.807, 2.05) is 7.05 Å². The summed E-state index contributed by atoms with van der Waals surface area (Å²) in [5, 5.41) is 8.26. The number of ether oxygens (including phenoxy) is 1. The van der Waals surface area contributed by atoms with Gasteiger partial charge in [0, 0.05) is 12.6 Å². The molecule has 0 saturated heterocycles. The first-order valence-corrected chi connectivity index (χ1v) is 4.20. The van der Waals surface area contributed by atoms with Gasteiger partial charge in [-0.3, -0.25) is 0 Å². The first-order chi connectivity index (χ1) is 5.70. The quantitative estimate of drug-likeness (QED) is 0.582. The van der Waals surface area contributed by atoms with Crippen molar-refractivity contribution in [1.29, 1.82) is 0 Å². The Hall–Kier alpha value is -0.610. The van der Waals surface area contributed by atoms with E-state index >= 15 is 0 Å². The van der Waals surface area contributed by atoms with Crippen LogP contribution in [-0.4, -0.2) is 48.8 Å². The van der Waals surface area contributed by atoms with Gasteiger partial charge in [0.05, 0.1) is 6.61 Å². The first-order valence-electron chi connectivity index (χ1n) is 4.20. The van der Waals surface area contributed by atoms with Gasteiger partial charge in [0.15, 0.2) is 0 Å². The molecule has 0 bridgehead atoms. The van der Waals surface area contributed by atoms with Crippen LogP contribution in [0.4, 0.5) is 0 Å². The molecule has 0 aromatic heterocycles. The average molecular weight is 173 g/mol. The minimum absolute atomic E-state index is 0.182. The van der Waals surface area contributed by atoms with Gasteiger partial charge in [0.2, 0.25) is 0 Å². The molecule has 0 aliphatic heterocycles. The molecular weight excluding hydrogens is 158 g/mol. The molecule has 1 aliphatic rings. The Kier molecular flexibility index (Phi) is 3.49. The Bertz CT molecular complexity index is 156. The highest BCUT2D eigenvalue weighted by Gasteiger charge is 2.25. The summed E-state index contributed by atoms with van der Waals surface area (Å²) in [5.74, 6) is -0.899. The molecule has 1 fully saturated rings. The molecule has 1 rings (SSSR count). The molecule has 1 aliphatic carbocycles. The summed E-state index contributed by atoms with van der Waals surface area (Å²) in [4.78, 5) is 12.3. The van der Waals surface area contributed by atoms with Gasteiger partial charge in [-0.2, -0.15) is 0 Å². The molecule has 0 unspecified atom stereocenters. The van der Waals surface area contributed by atoms with Crippen LogP contribution < -0.4 is 0 Å². The summed E-state index contributed by atoms with van der Waals surface area (Å²) in [6.45, 7) is 1.16. The van der Waals surface area contributed by atoms with E-state index in [2.05, 4.69) is 4.90 Å². The van der Waals surface area contributed by atoms with Gasteiger partial charge in [-0.25, -0.2) is 4.79 Å². The smallest absolute Gasteiger partial charge is 0.329 e. The molecule has 1 saturated carbocycles. The first kappa shape index (κ1) is 9.48. The predicted octanol–water partition coefficient (Wildman–Crippen LogP) is 0.182. The number of carbonyl (C=O) groups is 1. The van der Waals surface area contributed by atoms with Gasteiger partial charge in [-0.05, 0) is 19.9 Å². The van der Waals surface area contributed by atoms with E-state index in [1.54, 1.807) is 0 Å². The van der Waals surface area contributed by atoms with Crippen molar-refractivity contribution in [3.05, 3.63) is 0 Å². The molecule has 0 atom stereocenters. The van der Waals surface area contributed by atoms with E-state index in [0.29, 0.717) is 6.61 Å². The fourth-order valence-electron chi connectivity index (χ4n) is 1.07. The van der Waals surface area contributed by atoms with Crippen LogP contribution in [0.25, 0.3) is 0 Å². The summed E-state index contributed by atoms with van der Waals surface area (Å²) in [5.41, 5.74) is 0. The maximum Gasteiger partial charge on any atom is 0.329 e. The molecule has 0 aromatic carbocycles.